The van der Waals surface area contributed by atoms with Crippen LogP contribution in [0.4, 0.5) is 10.1 Å². The standard InChI is InChI=1S/C17H21FN2/c1-12-4-6-14(7-5-12)11-20(3)17-9-8-15(13(2)19)10-16(17)18/h4-10,13H,11,19H2,1-3H3. The molecule has 0 saturated heterocycles. The van der Waals surface area contributed by atoms with Crippen molar-refractivity contribution in [2.75, 3.05) is 11.9 Å². The molecule has 0 aliphatic rings. The van der Waals surface area contributed by atoms with E-state index in [0.29, 0.717) is 12.2 Å². The van der Waals surface area contributed by atoms with Crippen LogP contribution in [0, 0.1) is 12.7 Å². The maximum Gasteiger partial charge on any atom is 0.146 e. The molecule has 0 heterocycles. The molecule has 0 radical (unpaired) electrons. The zero-order valence-corrected chi connectivity index (χ0v) is 12.2. The van der Waals surface area contributed by atoms with Gasteiger partial charge >= 0.3 is 0 Å². The summed E-state index contributed by atoms with van der Waals surface area (Å²) >= 11 is 0. The Morgan fingerprint density at radius 2 is 1.80 bits per heavy atom. The van der Waals surface area contributed by atoms with Gasteiger partial charge in [-0.3, -0.25) is 0 Å². The minimum atomic E-state index is -0.227. The molecule has 0 aromatic heterocycles. The average Bonchev–Trinajstić information content (AvgIpc) is 2.41. The summed E-state index contributed by atoms with van der Waals surface area (Å²) in [4.78, 5) is 1.91. The monoisotopic (exact) mass is 272 g/mol. The highest BCUT2D eigenvalue weighted by molar-refractivity contribution is 5.49. The van der Waals surface area contributed by atoms with Crippen LogP contribution in [0.5, 0.6) is 0 Å². The maximum atomic E-state index is 14.1. The first kappa shape index (κ1) is 14.5. The van der Waals surface area contributed by atoms with Crippen LogP contribution in [0.1, 0.15) is 29.7 Å². The van der Waals surface area contributed by atoms with Crippen LogP contribution in [0.25, 0.3) is 0 Å². The molecule has 0 aliphatic heterocycles. The van der Waals surface area contributed by atoms with E-state index in [1.807, 2.05) is 24.9 Å². The van der Waals surface area contributed by atoms with Crippen LogP contribution in [0.3, 0.4) is 0 Å². The SMILES string of the molecule is Cc1ccc(CN(C)c2ccc(C(C)N)cc2F)cc1. The highest BCUT2D eigenvalue weighted by atomic mass is 19.1. The third kappa shape index (κ3) is 3.36. The fraction of sp³-hybridized carbons (Fsp3) is 0.294. The number of benzene rings is 2. The Morgan fingerprint density at radius 1 is 1.15 bits per heavy atom. The molecule has 0 fully saturated rings. The lowest BCUT2D eigenvalue weighted by molar-refractivity contribution is 0.617. The van der Waals surface area contributed by atoms with Crippen LogP contribution < -0.4 is 10.6 Å². The molecule has 2 nitrogen and oxygen atoms in total. The van der Waals surface area contributed by atoms with Crippen LogP contribution in [-0.2, 0) is 6.54 Å². The van der Waals surface area contributed by atoms with Crippen molar-refractivity contribution >= 4 is 5.69 Å². The Hall–Kier alpha value is -1.87. The van der Waals surface area contributed by atoms with Crippen LogP contribution >= 0.6 is 0 Å². The quantitative estimate of drug-likeness (QED) is 0.917. The third-order valence-corrected chi connectivity index (χ3v) is 3.45. The second-order valence-corrected chi connectivity index (χ2v) is 5.34. The second kappa shape index (κ2) is 6.06. The highest BCUT2D eigenvalue weighted by Crippen LogP contribution is 2.23. The minimum absolute atomic E-state index is 0.152. The Morgan fingerprint density at radius 3 is 2.35 bits per heavy atom. The van der Waals surface area contributed by atoms with E-state index < -0.39 is 0 Å². The number of aryl methyl sites for hydroxylation is 1. The molecule has 0 amide bonds. The largest absolute Gasteiger partial charge is 0.368 e. The van der Waals surface area contributed by atoms with Gasteiger partial charge in [-0.05, 0) is 37.1 Å². The molecule has 2 aromatic rings. The van der Waals surface area contributed by atoms with Crippen LogP contribution in [-0.4, -0.2) is 7.05 Å². The molecule has 1 unspecified atom stereocenters. The highest BCUT2D eigenvalue weighted by Gasteiger charge is 2.10. The van der Waals surface area contributed by atoms with Crippen molar-refractivity contribution in [3.8, 4) is 0 Å². The lowest BCUT2D eigenvalue weighted by Gasteiger charge is -2.21. The van der Waals surface area contributed by atoms with Crippen molar-refractivity contribution in [3.63, 3.8) is 0 Å². The maximum absolute atomic E-state index is 14.1. The van der Waals surface area contributed by atoms with E-state index in [1.165, 1.54) is 11.6 Å². The van der Waals surface area contributed by atoms with E-state index in [4.69, 9.17) is 5.73 Å². The lowest BCUT2D eigenvalue weighted by Crippen LogP contribution is -2.18. The molecule has 0 bridgehead atoms. The number of nitrogens with two attached hydrogens (primary N) is 1. The van der Waals surface area contributed by atoms with Crippen molar-refractivity contribution in [1.82, 2.24) is 0 Å². The Kier molecular flexibility index (Phi) is 4.40. The van der Waals surface area contributed by atoms with Gasteiger partial charge in [0.25, 0.3) is 0 Å². The Labute approximate surface area is 120 Å². The van der Waals surface area contributed by atoms with Crippen molar-refractivity contribution < 1.29 is 4.39 Å². The van der Waals surface area contributed by atoms with Crippen molar-refractivity contribution in [3.05, 3.63) is 65.0 Å². The zero-order valence-electron chi connectivity index (χ0n) is 12.2. The number of nitrogens with zero attached hydrogens (tertiary/aromatic N) is 1. The number of hydrogen-bond acceptors (Lipinski definition) is 2. The summed E-state index contributed by atoms with van der Waals surface area (Å²) in [7, 11) is 1.89. The van der Waals surface area contributed by atoms with E-state index >= 15 is 0 Å². The van der Waals surface area contributed by atoms with Crippen LogP contribution in [0.15, 0.2) is 42.5 Å². The number of halogens is 1. The fourth-order valence-corrected chi connectivity index (χ4v) is 2.17. The van der Waals surface area contributed by atoms with Crippen molar-refractivity contribution in [2.24, 2.45) is 5.73 Å². The molecule has 0 spiro atoms. The van der Waals surface area contributed by atoms with Gasteiger partial charge in [0.2, 0.25) is 0 Å². The third-order valence-electron chi connectivity index (χ3n) is 3.45. The summed E-state index contributed by atoms with van der Waals surface area (Å²) in [6.45, 7) is 4.58. The molecule has 0 aliphatic carbocycles. The molecule has 3 heteroatoms. The topological polar surface area (TPSA) is 29.3 Å². The predicted octanol–water partition coefficient (Wildman–Crippen LogP) is 3.79. The van der Waals surface area contributed by atoms with E-state index in [-0.39, 0.29) is 11.9 Å². The molecule has 106 valence electrons. The number of rotatable bonds is 4. The summed E-state index contributed by atoms with van der Waals surface area (Å²) in [6.07, 6.45) is 0. The first-order chi connectivity index (χ1) is 9.47. The molecule has 2 aromatic carbocycles. The lowest BCUT2D eigenvalue weighted by atomic mass is 10.1. The van der Waals surface area contributed by atoms with Crippen LogP contribution in [0.2, 0.25) is 0 Å². The summed E-state index contributed by atoms with van der Waals surface area (Å²) < 4.78 is 14.1. The molecule has 0 saturated carbocycles. The van der Waals surface area contributed by atoms with Gasteiger partial charge in [0.15, 0.2) is 0 Å². The summed E-state index contributed by atoms with van der Waals surface area (Å²) in [5.41, 5.74) is 9.56. The van der Waals surface area contributed by atoms with Gasteiger partial charge in [-0.25, -0.2) is 4.39 Å². The summed E-state index contributed by atoms with van der Waals surface area (Å²) in [5.74, 6) is -0.227. The van der Waals surface area contributed by atoms with E-state index in [2.05, 4.69) is 31.2 Å². The van der Waals surface area contributed by atoms with Gasteiger partial charge in [0, 0.05) is 19.6 Å². The summed E-state index contributed by atoms with van der Waals surface area (Å²) in [5, 5.41) is 0. The van der Waals surface area contributed by atoms with Gasteiger partial charge in [0.05, 0.1) is 5.69 Å². The Balaban J connectivity index is 2.16. The number of anilines is 1. The van der Waals surface area contributed by atoms with E-state index in [9.17, 15) is 4.39 Å². The van der Waals surface area contributed by atoms with Crippen molar-refractivity contribution in [1.29, 1.82) is 0 Å². The van der Waals surface area contributed by atoms with Gasteiger partial charge < -0.3 is 10.6 Å². The van der Waals surface area contributed by atoms with Gasteiger partial charge in [-0.1, -0.05) is 35.9 Å². The molecule has 20 heavy (non-hydrogen) atoms. The molecule has 1 atom stereocenters. The zero-order chi connectivity index (χ0) is 14.7. The second-order valence-electron chi connectivity index (χ2n) is 5.34. The predicted molar refractivity (Wildman–Crippen MR) is 82.3 cm³/mol. The smallest absolute Gasteiger partial charge is 0.146 e. The minimum Gasteiger partial charge on any atom is -0.368 e. The normalized spacial score (nSPS) is 12.2. The first-order valence-electron chi connectivity index (χ1n) is 6.79. The molecule has 2 rings (SSSR count). The molecular weight excluding hydrogens is 251 g/mol. The van der Waals surface area contributed by atoms with E-state index in [1.54, 1.807) is 6.07 Å². The average molecular weight is 272 g/mol. The van der Waals surface area contributed by atoms with E-state index in [0.717, 1.165) is 11.1 Å². The molecule has 2 N–H and O–H groups in total. The van der Waals surface area contributed by atoms with Gasteiger partial charge in [-0.15, -0.1) is 0 Å². The fourth-order valence-electron chi connectivity index (χ4n) is 2.17. The first-order valence-corrected chi connectivity index (χ1v) is 6.79. The summed E-state index contributed by atoms with van der Waals surface area (Å²) in [6, 6.07) is 13.3. The van der Waals surface area contributed by atoms with Gasteiger partial charge in [-0.2, -0.15) is 0 Å². The number of hydrogen-bond donors (Lipinski definition) is 1. The van der Waals surface area contributed by atoms with Gasteiger partial charge in [0.1, 0.15) is 5.82 Å². The van der Waals surface area contributed by atoms with Crippen molar-refractivity contribution in [2.45, 2.75) is 26.4 Å². The Bertz CT molecular complexity index is 576. The molecular formula is C17H21FN2.